The quantitative estimate of drug-likeness (QED) is 0.769. The molecule has 1 amide bonds. The number of aromatic nitrogens is 5. The zero-order valence-corrected chi connectivity index (χ0v) is 11.2. The van der Waals surface area contributed by atoms with Gasteiger partial charge in [-0.25, -0.2) is 9.97 Å². The smallest absolute Gasteiger partial charge is 0.291 e. The van der Waals surface area contributed by atoms with Crippen LogP contribution in [0.15, 0.2) is 30.6 Å². The summed E-state index contributed by atoms with van der Waals surface area (Å²) in [6, 6.07) is 7.88. The molecular weight excluding hydrogens is 256 g/mol. The lowest BCUT2D eigenvalue weighted by atomic mass is 10.3. The van der Waals surface area contributed by atoms with E-state index < -0.39 is 0 Å². The van der Waals surface area contributed by atoms with Crippen molar-refractivity contribution in [2.45, 2.75) is 6.54 Å². The normalized spacial score (nSPS) is 10.9. The van der Waals surface area contributed by atoms with Crippen molar-refractivity contribution in [1.29, 1.82) is 0 Å². The monoisotopic (exact) mass is 270 g/mol. The molecule has 1 N–H and O–H groups in total. The maximum atomic E-state index is 12.1. The first-order valence-corrected chi connectivity index (χ1v) is 6.18. The lowest BCUT2D eigenvalue weighted by Crippen LogP contribution is -2.28. The van der Waals surface area contributed by atoms with Crippen LogP contribution in [-0.2, 0) is 13.6 Å². The Morgan fingerprint density at radius 1 is 1.40 bits per heavy atom. The molecule has 0 spiro atoms. The summed E-state index contributed by atoms with van der Waals surface area (Å²) >= 11 is 0. The molecule has 7 nitrogen and oxygen atoms in total. The first-order valence-electron chi connectivity index (χ1n) is 6.18. The van der Waals surface area contributed by atoms with Crippen LogP contribution >= 0.6 is 0 Å². The highest BCUT2D eigenvalue weighted by Crippen LogP contribution is 2.15. The number of nitrogens with one attached hydrogen (secondary N) is 1. The number of amides is 1. The first kappa shape index (κ1) is 12.3. The van der Waals surface area contributed by atoms with Crippen LogP contribution in [0.4, 0.5) is 0 Å². The van der Waals surface area contributed by atoms with Crippen LogP contribution in [0.25, 0.3) is 11.0 Å². The van der Waals surface area contributed by atoms with Gasteiger partial charge >= 0.3 is 0 Å². The summed E-state index contributed by atoms with van der Waals surface area (Å²) in [6.07, 6.45) is 1.32. The van der Waals surface area contributed by atoms with Crippen LogP contribution < -0.4 is 0 Å². The molecule has 0 atom stereocenters. The largest absolute Gasteiger partial charge is 0.332 e. The summed E-state index contributed by atoms with van der Waals surface area (Å²) in [5.41, 5.74) is 1.97. The Hall–Kier alpha value is -2.70. The van der Waals surface area contributed by atoms with E-state index in [0.717, 1.165) is 16.9 Å². The molecule has 2 heterocycles. The van der Waals surface area contributed by atoms with Gasteiger partial charge in [-0.2, -0.15) is 5.10 Å². The zero-order valence-electron chi connectivity index (χ0n) is 11.2. The number of aryl methyl sites for hydroxylation is 1. The van der Waals surface area contributed by atoms with Crippen molar-refractivity contribution in [3.05, 3.63) is 42.2 Å². The third-order valence-electron chi connectivity index (χ3n) is 3.22. The Morgan fingerprint density at radius 3 is 2.90 bits per heavy atom. The third-order valence-corrected chi connectivity index (χ3v) is 3.22. The Balaban J connectivity index is 1.86. The summed E-state index contributed by atoms with van der Waals surface area (Å²) in [6.45, 7) is 0.407. The maximum Gasteiger partial charge on any atom is 0.291 e. The minimum absolute atomic E-state index is 0.213. The molecule has 0 radical (unpaired) electrons. The maximum absolute atomic E-state index is 12.1. The van der Waals surface area contributed by atoms with Crippen molar-refractivity contribution < 1.29 is 4.79 Å². The number of para-hydroxylation sites is 2. The molecule has 102 valence electrons. The lowest BCUT2D eigenvalue weighted by Gasteiger charge is -2.15. The number of H-pyrrole nitrogens is 1. The number of carbonyl (C=O) groups excluding carboxylic acids is 1. The van der Waals surface area contributed by atoms with Gasteiger partial charge in [-0.1, -0.05) is 12.1 Å². The van der Waals surface area contributed by atoms with Crippen LogP contribution in [0.1, 0.15) is 16.4 Å². The van der Waals surface area contributed by atoms with Gasteiger partial charge in [-0.05, 0) is 12.1 Å². The van der Waals surface area contributed by atoms with E-state index in [1.165, 1.54) is 6.33 Å². The van der Waals surface area contributed by atoms with Crippen LogP contribution in [0.5, 0.6) is 0 Å². The van der Waals surface area contributed by atoms with Gasteiger partial charge in [0.05, 0.1) is 17.6 Å². The zero-order chi connectivity index (χ0) is 14.1. The minimum atomic E-state index is -0.213. The van der Waals surface area contributed by atoms with Gasteiger partial charge < -0.3 is 9.47 Å². The number of nitrogens with zero attached hydrogens (tertiary/aromatic N) is 5. The van der Waals surface area contributed by atoms with Crippen LogP contribution in [0.2, 0.25) is 0 Å². The average Bonchev–Trinajstić information content (AvgIpc) is 3.08. The highest BCUT2D eigenvalue weighted by atomic mass is 16.2. The van der Waals surface area contributed by atoms with E-state index in [1.807, 2.05) is 35.9 Å². The molecule has 1 aromatic carbocycles. The molecule has 0 fully saturated rings. The van der Waals surface area contributed by atoms with Crippen molar-refractivity contribution in [2.75, 3.05) is 7.05 Å². The fourth-order valence-corrected chi connectivity index (χ4v) is 2.11. The van der Waals surface area contributed by atoms with E-state index in [1.54, 1.807) is 11.9 Å². The summed E-state index contributed by atoms with van der Waals surface area (Å²) in [5, 5.41) is 6.25. The summed E-state index contributed by atoms with van der Waals surface area (Å²) in [4.78, 5) is 22.0. The van der Waals surface area contributed by atoms with E-state index in [9.17, 15) is 4.79 Å². The van der Waals surface area contributed by atoms with Crippen LogP contribution in [0.3, 0.4) is 0 Å². The molecule has 0 aliphatic carbocycles. The lowest BCUT2D eigenvalue weighted by molar-refractivity contribution is 0.0769. The number of hydrogen-bond acceptors (Lipinski definition) is 4. The second-order valence-corrected chi connectivity index (χ2v) is 4.57. The van der Waals surface area contributed by atoms with Crippen LogP contribution in [0, 0.1) is 0 Å². The second-order valence-electron chi connectivity index (χ2n) is 4.57. The van der Waals surface area contributed by atoms with Gasteiger partial charge in [0.15, 0.2) is 0 Å². The predicted molar refractivity (Wildman–Crippen MR) is 72.9 cm³/mol. The number of rotatable bonds is 3. The number of hydrogen-bond donors (Lipinski definition) is 1. The number of aromatic amines is 1. The fraction of sp³-hybridized carbons (Fsp3) is 0.231. The van der Waals surface area contributed by atoms with Gasteiger partial charge in [0.25, 0.3) is 5.91 Å². The number of fused-ring (bicyclic) bond motifs is 1. The molecule has 0 aliphatic heterocycles. The summed E-state index contributed by atoms with van der Waals surface area (Å²) in [5.74, 6) is 0.836. The number of imidazole rings is 1. The van der Waals surface area contributed by atoms with Gasteiger partial charge in [0.1, 0.15) is 12.2 Å². The van der Waals surface area contributed by atoms with E-state index in [-0.39, 0.29) is 11.7 Å². The standard InChI is InChI=1S/C13H14N6O/c1-18(13(20)12-14-8-15-17-12)7-11-16-9-5-3-4-6-10(9)19(11)2/h3-6,8H,7H2,1-2H3,(H,14,15,17). The third kappa shape index (κ3) is 2.03. The van der Waals surface area contributed by atoms with E-state index >= 15 is 0 Å². The van der Waals surface area contributed by atoms with E-state index in [2.05, 4.69) is 20.2 Å². The van der Waals surface area contributed by atoms with Crippen molar-refractivity contribution >= 4 is 16.9 Å². The van der Waals surface area contributed by atoms with Crippen molar-refractivity contribution in [3.8, 4) is 0 Å². The highest BCUT2D eigenvalue weighted by Gasteiger charge is 2.17. The SMILES string of the molecule is CN(Cc1nc2ccccc2n1C)C(=O)c1ncn[nH]1. The molecule has 7 heteroatoms. The van der Waals surface area contributed by atoms with Crippen molar-refractivity contribution in [2.24, 2.45) is 7.05 Å². The highest BCUT2D eigenvalue weighted by molar-refractivity contribution is 5.90. The Labute approximate surface area is 115 Å². The predicted octanol–water partition coefficient (Wildman–Crippen LogP) is 0.964. The molecule has 0 aliphatic rings. The Bertz CT molecular complexity index is 745. The van der Waals surface area contributed by atoms with E-state index in [0.29, 0.717) is 6.54 Å². The summed E-state index contributed by atoms with van der Waals surface area (Å²) < 4.78 is 1.99. The average molecular weight is 270 g/mol. The molecule has 0 unspecified atom stereocenters. The Kier molecular flexibility index (Phi) is 2.94. The topological polar surface area (TPSA) is 79.7 Å². The molecule has 3 aromatic rings. The van der Waals surface area contributed by atoms with Gasteiger partial charge in [-0.15, -0.1) is 0 Å². The van der Waals surface area contributed by atoms with Crippen LogP contribution in [-0.4, -0.2) is 42.6 Å². The van der Waals surface area contributed by atoms with Gasteiger partial charge in [-0.3, -0.25) is 9.89 Å². The van der Waals surface area contributed by atoms with Crippen molar-refractivity contribution in [1.82, 2.24) is 29.6 Å². The molecular formula is C13H14N6O. The fourth-order valence-electron chi connectivity index (χ4n) is 2.11. The summed E-state index contributed by atoms with van der Waals surface area (Å²) in [7, 11) is 3.65. The molecule has 0 saturated heterocycles. The van der Waals surface area contributed by atoms with Crippen molar-refractivity contribution in [3.63, 3.8) is 0 Å². The number of benzene rings is 1. The molecule has 2 aromatic heterocycles. The van der Waals surface area contributed by atoms with Gasteiger partial charge in [0.2, 0.25) is 5.82 Å². The molecule has 3 rings (SSSR count). The molecule has 20 heavy (non-hydrogen) atoms. The molecule has 0 saturated carbocycles. The van der Waals surface area contributed by atoms with Gasteiger partial charge in [0, 0.05) is 14.1 Å². The first-order chi connectivity index (χ1) is 9.66. The number of carbonyl (C=O) groups is 1. The minimum Gasteiger partial charge on any atom is -0.332 e. The van der Waals surface area contributed by atoms with E-state index in [4.69, 9.17) is 0 Å². The molecule has 0 bridgehead atoms. The Morgan fingerprint density at radius 2 is 2.20 bits per heavy atom. The second kappa shape index (κ2) is 4.76.